The number of ether oxygens (including phenoxy) is 1. The number of hydrogen-bond donors (Lipinski definition) is 2. The first-order valence-electron chi connectivity index (χ1n) is 11.0. The molecule has 1 aliphatic heterocycles. The SMILES string of the molecule is O=C(OCc1ccccc1)N1CC[C@H](O)[C@H]([C@H](Nc2ccc(F)c(Cl)c2)c2ccc(Cl)cc2)C1. The van der Waals surface area contributed by atoms with Crippen LogP contribution in [0.2, 0.25) is 10.0 Å². The van der Waals surface area contributed by atoms with Crippen LogP contribution in [-0.4, -0.2) is 35.3 Å². The van der Waals surface area contributed by atoms with Gasteiger partial charge < -0.3 is 20.1 Å². The van der Waals surface area contributed by atoms with Crippen molar-refractivity contribution >= 4 is 35.0 Å². The van der Waals surface area contributed by atoms with Crippen molar-refractivity contribution in [2.45, 2.75) is 25.2 Å². The molecule has 4 rings (SSSR count). The molecule has 8 heteroatoms. The molecule has 5 nitrogen and oxygen atoms in total. The summed E-state index contributed by atoms with van der Waals surface area (Å²) < 4.78 is 19.2. The van der Waals surface area contributed by atoms with Crippen LogP contribution in [0.1, 0.15) is 23.6 Å². The minimum absolute atomic E-state index is 0.00448. The van der Waals surface area contributed by atoms with Crippen LogP contribution in [0.4, 0.5) is 14.9 Å². The molecule has 2 N–H and O–H groups in total. The van der Waals surface area contributed by atoms with Gasteiger partial charge in [-0.2, -0.15) is 0 Å². The minimum atomic E-state index is -0.665. The number of nitrogens with zero attached hydrogens (tertiary/aromatic N) is 1. The van der Waals surface area contributed by atoms with Gasteiger partial charge in [0.05, 0.1) is 17.2 Å². The molecule has 1 amide bonds. The zero-order valence-corrected chi connectivity index (χ0v) is 19.8. The fourth-order valence-corrected chi connectivity index (χ4v) is 4.45. The number of carbonyl (C=O) groups excluding carboxylic acids is 1. The lowest BCUT2D eigenvalue weighted by atomic mass is 9.84. The molecule has 0 bridgehead atoms. The molecule has 34 heavy (non-hydrogen) atoms. The monoisotopic (exact) mass is 502 g/mol. The molecule has 1 aliphatic rings. The Kier molecular flexibility index (Phi) is 7.93. The lowest BCUT2D eigenvalue weighted by Gasteiger charge is -2.40. The number of aliphatic hydroxyl groups is 1. The molecule has 1 saturated heterocycles. The summed E-state index contributed by atoms with van der Waals surface area (Å²) in [5, 5.41) is 14.9. The third kappa shape index (κ3) is 6.00. The van der Waals surface area contributed by atoms with Crippen molar-refractivity contribution in [3.63, 3.8) is 0 Å². The number of rotatable bonds is 6. The van der Waals surface area contributed by atoms with Crippen LogP contribution in [0.5, 0.6) is 0 Å². The lowest BCUT2D eigenvalue weighted by molar-refractivity contribution is 0.0117. The van der Waals surface area contributed by atoms with Gasteiger partial charge in [-0.05, 0) is 47.9 Å². The molecule has 0 saturated carbocycles. The highest BCUT2D eigenvalue weighted by Gasteiger charge is 2.37. The maximum atomic E-state index is 13.7. The summed E-state index contributed by atoms with van der Waals surface area (Å²) in [6, 6.07) is 20.7. The zero-order chi connectivity index (χ0) is 24.1. The molecule has 0 radical (unpaired) electrons. The minimum Gasteiger partial charge on any atom is -0.445 e. The van der Waals surface area contributed by atoms with Gasteiger partial charge in [0.15, 0.2) is 0 Å². The Morgan fingerprint density at radius 2 is 1.85 bits per heavy atom. The van der Waals surface area contributed by atoms with E-state index < -0.39 is 24.1 Å². The standard InChI is InChI=1S/C26H25Cl2FN2O3/c27-19-8-6-18(7-9-19)25(30-20-10-11-23(29)22(28)14-20)21-15-31(13-12-24(21)32)26(33)34-16-17-4-2-1-3-5-17/h1-11,14,21,24-25,30,32H,12-13,15-16H2/t21-,24+,25-/m1/s1. The molecule has 3 aromatic carbocycles. The second-order valence-corrected chi connectivity index (χ2v) is 9.15. The van der Waals surface area contributed by atoms with Gasteiger partial charge in [0.2, 0.25) is 0 Å². The Labute approximate surface area is 208 Å². The van der Waals surface area contributed by atoms with E-state index in [1.54, 1.807) is 23.1 Å². The Hall–Kier alpha value is -2.80. The van der Waals surface area contributed by atoms with E-state index in [9.17, 15) is 14.3 Å². The third-order valence-electron chi connectivity index (χ3n) is 5.98. The van der Waals surface area contributed by atoms with E-state index in [4.69, 9.17) is 27.9 Å². The number of anilines is 1. The predicted octanol–water partition coefficient (Wildman–Crippen LogP) is 6.31. The molecule has 0 unspecified atom stereocenters. The van der Waals surface area contributed by atoms with Crippen molar-refractivity contribution in [3.05, 3.63) is 99.8 Å². The van der Waals surface area contributed by atoms with E-state index in [0.29, 0.717) is 23.7 Å². The molecule has 178 valence electrons. The second kappa shape index (κ2) is 11.1. The highest BCUT2D eigenvalue weighted by atomic mass is 35.5. The average Bonchev–Trinajstić information content (AvgIpc) is 2.85. The molecule has 1 fully saturated rings. The van der Waals surface area contributed by atoms with Crippen LogP contribution in [0.25, 0.3) is 0 Å². The van der Waals surface area contributed by atoms with E-state index in [2.05, 4.69) is 5.32 Å². The molecule has 0 spiro atoms. The van der Waals surface area contributed by atoms with Gasteiger partial charge in [-0.3, -0.25) is 0 Å². The van der Waals surface area contributed by atoms with Crippen LogP contribution < -0.4 is 5.32 Å². The fraction of sp³-hybridized carbons (Fsp3) is 0.269. The summed E-state index contributed by atoms with van der Waals surface area (Å²) in [6.45, 7) is 0.849. The number of aliphatic hydroxyl groups excluding tert-OH is 1. The average molecular weight is 503 g/mol. The smallest absolute Gasteiger partial charge is 0.410 e. The first-order valence-corrected chi connectivity index (χ1v) is 11.8. The number of piperidine rings is 1. The van der Waals surface area contributed by atoms with Gasteiger partial charge in [0.25, 0.3) is 0 Å². The number of benzene rings is 3. The molecule has 1 heterocycles. The van der Waals surface area contributed by atoms with Crippen molar-refractivity contribution in [2.75, 3.05) is 18.4 Å². The highest BCUT2D eigenvalue weighted by molar-refractivity contribution is 6.31. The summed E-state index contributed by atoms with van der Waals surface area (Å²) in [5.74, 6) is -0.872. The van der Waals surface area contributed by atoms with Gasteiger partial charge in [-0.25, -0.2) is 9.18 Å². The van der Waals surface area contributed by atoms with Crippen molar-refractivity contribution in [1.82, 2.24) is 4.90 Å². The molecule has 3 aromatic rings. The summed E-state index contributed by atoms with van der Waals surface area (Å²) in [4.78, 5) is 14.4. The van der Waals surface area contributed by atoms with Crippen molar-refractivity contribution < 1.29 is 19.0 Å². The second-order valence-electron chi connectivity index (χ2n) is 8.31. The first kappa shape index (κ1) is 24.3. The van der Waals surface area contributed by atoms with Crippen LogP contribution in [0, 0.1) is 11.7 Å². The molecule has 0 aliphatic carbocycles. The van der Waals surface area contributed by atoms with E-state index in [0.717, 1.165) is 11.1 Å². The summed E-state index contributed by atoms with van der Waals surface area (Å²) >= 11 is 12.1. The Bertz CT molecular complexity index is 1110. The number of carbonyl (C=O) groups is 1. The zero-order valence-electron chi connectivity index (χ0n) is 18.3. The van der Waals surface area contributed by atoms with E-state index in [1.807, 2.05) is 42.5 Å². The highest BCUT2D eigenvalue weighted by Crippen LogP contribution is 2.35. The number of hydrogen-bond acceptors (Lipinski definition) is 4. The molecule has 0 aromatic heterocycles. The van der Waals surface area contributed by atoms with Crippen LogP contribution in [0.3, 0.4) is 0 Å². The van der Waals surface area contributed by atoms with Gasteiger partial charge in [-0.15, -0.1) is 0 Å². The topological polar surface area (TPSA) is 61.8 Å². The van der Waals surface area contributed by atoms with E-state index in [1.165, 1.54) is 12.1 Å². The Morgan fingerprint density at radius 3 is 2.56 bits per heavy atom. The summed E-state index contributed by atoms with van der Waals surface area (Å²) in [5.41, 5.74) is 2.37. The maximum absolute atomic E-state index is 13.7. The van der Waals surface area contributed by atoms with Crippen molar-refractivity contribution in [3.8, 4) is 0 Å². The first-order chi connectivity index (χ1) is 16.4. The summed E-state index contributed by atoms with van der Waals surface area (Å²) in [7, 11) is 0. The molecular weight excluding hydrogens is 478 g/mol. The van der Waals surface area contributed by atoms with Gasteiger partial charge in [0, 0.05) is 29.7 Å². The van der Waals surface area contributed by atoms with Gasteiger partial charge in [0.1, 0.15) is 12.4 Å². The van der Waals surface area contributed by atoms with Crippen LogP contribution >= 0.6 is 23.2 Å². The van der Waals surface area contributed by atoms with Crippen molar-refractivity contribution in [2.24, 2.45) is 5.92 Å². The summed E-state index contributed by atoms with van der Waals surface area (Å²) in [6.07, 6.45) is -0.691. The number of nitrogens with one attached hydrogen (secondary N) is 1. The number of amides is 1. The Morgan fingerprint density at radius 1 is 1.12 bits per heavy atom. The van der Waals surface area contributed by atoms with E-state index >= 15 is 0 Å². The van der Waals surface area contributed by atoms with E-state index in [-0.39, 0.29) is 24.1 Å². The predicted molar refractivity (Wildman–Crippen MR) is 132 cm³/mol. The molecule has 3 atom stereocenters. The largest absolute Gasteiger partial charge is 0.445 e. The van der Waals surface area contributed by atoms with Crippen LogP contribution in [-0.2, 0) is 11.3 Å². The fourth-order valence-electron chi connectivity index (χ4n) is 4.15. The van der Waals surface area contributed by atoms with Crippen molar-refractivity contribution in [1.29, 1.82) is 0 Å². The van der Waals surface area contributed by atoms with Gasteiger partial charge >= 0.3 is 6.09 Å². The molecular formula is C26H25Cl2FN2O3. The van der Waals surface area contributed by atoms with Crippen LogP contribution in [0.15, 0.2) is 72.8 Å². The van der Waals surface area contributed by atoms with Gasteiger partial charge in [-0.1, -0.05) is 65.7 Å². The maximum Gasteiger partial charge on any atom is 0.410 e. The number of likely N-dealkylation sites (tertiary alicyclic amines) is 1. The quantitative estimate of drug-likeness (QED) is 0.414. The Balaban J connectivity index is 1.54. The normalized spacial score (nSPS) is 18.9. The lowest BCUT2D eigenvalue weighted by Crippen LogP contribution is -2.49. The number of halogens is 3. The third-order valence-corrected chi connectivity index (χ3v) is 6.52.